The summed E-state index contributed by atoms with van der Waals surface area (Å²) in [6, 6.07) is 16.8. The van der Waals surface area contributed by atoms with Crippen LogP contribution in [0.25, 0.3) is 11.3 Å². The molecule has 3 aromatic rings. The van der Waals surface area contributed by atoms with Crippen molar-refractivity contribution < 1.29 is 9.32 Å². The first-order valence-electron chi connectivity index (χ1n) is 7.18. The Morgan fingerprint density at radius 1 is 1.17 bits per heavy atom. The molecule has 0 bridgehead atoms. The minimum atomic E-state index is -0.285. The average molecular weight is 327 g/mol. The molecule has 1 heterocycles. The zero-order valence-corrected chi connectivity index (χ0v) is 13.3. The van der Waals surface area contributed by atoms with E-state index in [9.17, 15) is 4.79 Å². The molecule has 23 heavy (non-hydrogen) atoms. The van der Waals surface area contributed by atoms with Crippen molar-refractivity contribution in [3.8, 4) is 11.3 Å². The summed E-state index contributed by atoms with van der Waals surface area (Å²) in [4.78, 5) is 12.1. The van der Waals surface area contributed by atoms with Gasteiger partial charge >= 0.3 is 0 Å². The molecule has 3 rings (SSSR count). The first kappa shape index (κ1) is 15.3. The van der Waals surface area contributed by atoms with Crippen LogP contribution in [-0.2, 0) is 6.54 Å². The highest BCUT2D eigenvalue weighted by molar-refractivity contribution is 6.30. The first-order valence-corrected chi connectivity index (χ1v) is 7.56. The fourth-order valence-corrected chi connectivity index (χ4v) is 2.45. The van der Waals surface area contributed by atoms with Gasteiger partial charge in [-0.3, -0.25) is 4.79 Å². The summed E-state index contributed by atoms with van der Waals surface area (Å²) in [5.74, 6) is 0.286. The quantitative estimate of drug-likeness (QED) is 0.780. The number of amides is 1. The molecule has 0 saturated heterocycles. The molecule has 116 valence electrons. The Kier molecular flexibility index (Phi) is 4.44. The largest absolute Gasteiger partial charge is 0.355 e. The van der Waals surface area contributed by atoms with Gasteiger partial charge in [0.2, 0.25) is 0 Å². The van der Waals surface area contributed by atoms with E-state index in [0.717, 1.165) is 16.7 Å². The summed E-state index contributed by atoms with van der Waals surface area (Å²) >= 11 is 5.92. The van der Waals surface area contributed by atoms with Crippen LogP contribution in [0, 0.1) is 6.92 Å². The minimum absolute atomic E-state index is 0.253. The van der Waals surface area contributed by atoms with E-state index in [1.807, 2.05) is 49.4 Å². The van der Waals surface area contributed by atoms with E-state index in [1.54, 1.807) is 12.1 Å². The van der Waals surface area contributed by atoms with Gasteiger partial charge in [0.25, 0.3) is 5.91 Å². The van der Waals surface area contributed by atoms with Crippen LogP contribution in [-0.4, -0.2) is 11.1 Å². The third kappa shape index (κ3) is 3.79. The first-order chi connectivity index (χ1) is 11.1. The molecule has 0 radical (unpaired) electrons. The van der Waals surface area contributed by atoms with Gasteiger partial charge in [-0.2, -0.15) is 0 Å². The van der Waals surface area contributed by atoms with Crippen LogP contribution in [0.3, 0.4) is 0 Å². The molecule has 0 aliphatic carbocycles. The summed E-state index contributed by atoms with van der Waals surface area (Å²) in [7, 11) is 0. The number of aromatic nitrogens is 1. The van der Waals surface area contributed by atoms with E-state index in [4.69, 9.17) is 16.1 Å². The standard InChI is InChI=1S/C18H15ClN2O2/c1-12-4-2-6-14(8-12)17-10-16(21-23-17)18(22)20-11-13-5-3-7-15(19)9-13/h2-10H,11H2,1H3,(H,20,22). The second kappa shape index (κ2) is 6.67. The van der Waals surface area contributed by atoms with Crippen molar-refractivity contribution in [3.05, 3.63) is 76.4 Å². The van der Waals surface area contributed by atoms with Gasteiger partial charge in [-0.25, -0.2) is 0 Å². The normalized spacial score (nSPS) is 10.5. The number of carbonyl (C=O) groups excluding carboxylic acids is 1. The lowest BCUT2D eigenvalue weighted by Crippen LogP contribution is -2.22. The minimum Gasteiger partial charge on any atom is -0.355 e. The van der Waals surface area contributed by atoms with Gasteiger partial charge in [0.1, 0.15) is 0 Å². The van der Waals surface area contributed by atoms with Gasteiger partial charge in [-0.15, -0.1) is 0 Å². The molecule has 4 nitrogen and oxygen atoms in total. The molecule has 0 aliphatic heterocycles. The van der Waals surface area contributed by atoms with Gasteiger partial charge in [0, 0.05) is 23.2 Å². The van der Waals surface area contributed by atoms with Crippen molar-refractivity contribution in [2.45, 2.75) is 13.5 Å². The number of aryl methyl sites for hydroxylation is 1. The summed E-state index contributed by atoms with van der Waals surface area (Å²) in [5, 5.41) is 7.28. The maximum Gasteiger partial charge on any atom is 0.273 e. The zero-order valence-electron chi connectivity index (χ0n) is 12.5. The molecule has 1 aromatic heterocycles. The van der Waals surface area contributed by atoms with E-state index in [-0.39, 0.29) is 11.6 Å². The number of nitrogens with one attached hydrogen (secondary N) is 1. The van der Waals surface area contributed by atoms with Crippen LogP contribution in [0.1, 0.15) is 21.6 Å². The molecule has 0 spiro atoms. The van der Waals surface area contributed by atoms with Gasteiger partial charge < -0.3 is 9.84 Å². The van der Waals surface area contributed by atoms with Crippen molar-refractivity contribution in [1.82, 2.24) is 10.5 Å². The molecule has 0 saturated carbocycles. The molecule has 0 atom stereocenters. The maximum atomic E-state index is 12.1. The van der Waals surface area contributed by atoms with Crippen LogP contribution in [0.4, 0.5) is 0 Å². The maximum absolute atomic E-state index is 12.1. The second-order valence-electron chi connectivity index (χ2n) is 5.26. The Morgan fingerprint density at radius 2 is 2.00 bits per heavy atom. The lowest BCUT2D eigenvalue weighted by molar-refractivity contribution is 0.0942. The molecule has 0 unspecified atom stereocenters. The number of benzene rings is 2. The summed E-state index contributed by atoms with van der Waals surface area (Å²) in [6.07, 6.45) is 0. The van der Waals surface area contributed by atoms with Crippen LogP contribution >= 0.6 is 11.6 Å². The molecule has 0 aliphatic rings. The van der Waals surface area contributed by atoms with Crippen molar-refractivity contribution in [1.29, 1.82) is 0 Å². The van der Waals surface area contributed by atoms with Gasteiger partial charge in [-0.1, -0.05) is 52.7 Å². The molecular weight excluding hydrogens is 312 g/mol. The Hall–Kier alpha value is -2.59. The number of halogens is 1. The van der Waals surface area contributed by atoms with E-state index in [1.165, 1.54) is 0 Å². The van der Waals surface area contributed by atoms with Gasteiger partial charge in [0.05, 0.1) is 0 Å². The average Bonchev–Trinajstić information content (AvgIpc) is 3.03. The number of carbonyl (C=O) groups is 1. The van der Waals surface area contributed by atoms with E-state index in [2.05, 4.69) is 10.5 Å². The van der Waals surface area contributed by atoms with E-state index >= 15 is 0 Å². The third-order valence-corrected chi connectivity index (χ3v) is 3.62. The van der Waals surface area contributed by atoms with Crippen molar-refractivity contribution in [3.63, 3.8) is 0 Å². The van der Waals surface area contributed by atoms with E-state index in [0.29, 0.717) is 17.3 Å². The molecule has 1 N–H and O–H groups in total. The van der Waals surface area contributed by atoms with Crippen molar-refractivity contribution in [2.24, 2.45) is 0 Å². The van der Waals surface area contributed by atoms with Gasteiger partial charge in [-0.05, 0) is 30.7 Å². The third-order valence-electron chi connectivity index (χ3n) is 3.39. The van der Waals surface area contributed by atoms with Crippen molar-refractivity contribution in [2.75, 3.05) is 0 Å². The van der Waals surface area contributed by atoms with Gasteiger partial charge in [0.15, 0.2) is 11.5 Å². The summed E-state index contributed by atoms with van der Waals surface area (Å²) < 4.78 is 5.27. The number of rotatable bonds is 4. The number of hydrogen-bond donors (Lipinski definition) is 1. The van der Waals surface area contributed by atoms with Crippen LogP contribution in [0.2, 0.25) is 5.02 Å². The van der Waals surface area contributed by atoms with Crippen LogP contribution in [0.5, 0.6) is 0 Å². The SMILES string of the molecule is Cc1cccc(-c2cc(C(=O)NCc3cccc(Cl)c3)no2)c1. The Balaban J connectivity index is 1.69. The molecule has 1 amide bonds. The van der Waals surface area contributed by atoms with Crippen LogP contribution < -0.4 is 5.32 Å². The monoisotopic (exact) mass is 326 g/mol. The second-order valence-corrected chi connectivity index (χ2v) is 5.69. The fourth-order valence-electron chi connectivity index (χ4n) is 2.24. The van der Waals surface area contributed by atoms with Crippen LogP contribution in [0.15, 0.2) is 59.1 Å². The number of nitrogens with zero attached hydrogens (tertiary/aromatic N) is 1. The predicted molar refractivity (Wildman–Crippen MR) is 89.3 cm³/mol. The molecule has 0 fully saturated rings. The Bertz CT molecular complexity index is 842. The highest BCUT2D eigenvalue weighted by Crippen LogP contribution is 2.21. The molecule has 5 heteroatoms. The predicted octanol–water partition coefficient (Wildman–Crippen LogP) is 4.23. The topological polar surface area (TPSA) is 55.1 Å². The highest BCUT2D eigenvalue weighted by Gasteiger charge is 2.13. The van der Waals surface area contributed by atoms with Crippen molar-refractivity contribution >= 4 is 17.5 Å². The number of hydrogen-bond acceptors (Lipinski definition) is 3. The highest BCUT2D eigenvalue weighted by atomic mass is 35.5. The molecular formula is C18H15ClN2O2. The lowest BCUT2D eigenvalue weighted by Gasteiger charge is -2.03. The Morgan fingerprint density at radius 3 is 2.78 bits per heavy atom. The zero-order chi connectivity index (χ0) is 16.2. The lowest BCUT2D eigenvalue weighted by atomic mass is 10.1. The molecule has 2 aromatic carbocycles. The summed E-state index contributed by atoms with van der Waals surface area (Å²) in [5.41, 5.74) is 3.19. The summed E-state index contributed by atoms with van der Waals surface area (Å²) in [6.45, 7) is 2.38. The Labute approximate surface area is 139 Å². The smallest absolute Gasteiger partial charge is 0.273 e. The fraction of sp³-hybridized carbons (Fsp3) is 0.111. The van der Waals surface area contributed by atoms with E-state index < -0.39 is 0 Å².